The highest BCUT2D eigenvalue weighted by Crippen LogP contribution is 2.32. The van der Waals surface area contributed by atoms with Crippen LogP contribution >= 0.6 is 0 Å². The smallest absolute Gasteiger partial charge is 0.269 e. The quantitative estimate of drug-likeness (QED) is 0.703. The molecular formula is C24H28N4O3. The van der Waals surface area contributed by atoms with Crippen molar-refractivity contribution in [3.8, 4) is 0 Å². The van der Waals surface area contributed by atoms with E-state index in [1.54, 1.807) is 18.3 Å². The van der Waals surface area contributed by atoms with Crippen LogP contribution in [0.25, 0.3) is 6.08 Å². The summed E-state index contributed by atoms with van der Waals surface area (Å²) in [4.78, 5) is 40.7. The molecule has 0 bridgehead atoms. The summed E-state index contributed by atoms with van der Waals surface area (Å²) in [6.45, 7) is 7.39. The molecule has 1 atom stereocenters. The molecule has 2 N–H and O–H groups in total. The molecule has 1 aliphatic rings. The second-order valence-electron chi connectivity index (χ2n) is 7.31. The first-order valence-corrected chi connectivity index (χ1v) is 10.4. The molecule has 0 aliphatic carbocycles. The van der Waals surface area contributed by atoms with Gasteiger partial charge in [-0.25, -0.2) is 0 Å². The molecule has 1 aliphatic heterocycles. The fraction of sp³-hybridized carbons (Fsp3) is 0.292. The minimum atomic E-state index is -0.427. The third-order valence-electron chi connectivity index (χ3n) is 5.42. The van der Waals surface area contributed by atoms with Crippen molar-refractivity contribution in [2.75, 3.05) is 18.0 Å². The maximum atomic E-state index is 12.6. The molecule has 0 saturated heterocycles. The molecule has 3 rings (SSSR count). The molecule has 1 heterocycles. The van der Waals surface area contributed by atoms with Gasteiger partial charge in [0.2, 0.25) is 11.8 Å². The molecule has 31 heavy (non-hydrogen) atoms. The lowest BCUT2D eigenvalue weighted by molar-refractivity contribution is -0.130. The van der Waals surface area contributed by atoms with Crippen molar-refractivity contribution in [3.05, 3.63) is 71.4 Å². The van der Waals surface area contributed by atoms with E-state index in [4.69, 9.17) is 0 Å². The summed E-state index contributed by atoms with van der Waals surface area (Å²) in [6, 6.07) is 14.5. The Hall–Kier alpha value is -3.61. The molecule has 0 unspecified atom stereocenters. The van der Waals surface area contributed by atoms with Gasteiger partial charge in [0.05, 0.1) is 12.5 Å². The average Bonchev–Trinajstić information content (AvgIpc) is 2.78. The molecule has 2 aromatic rings. The molecule has 0 saturated carbocycles. The van der Waals surface area contributed by atoms with Crippen molar-refractivity contribution in [3.63, 3.8) is 0 Å². The van der Waals surface area contributed by atoms with E-state index in [0.29, 0.717) is 5.56 Å². The first-order valence-electron chi connectivity index (χ1n) is 10.4. The summed E-state index contributed by atoms with van der Waals surface area (Å²) >= 11 is 0. The molecule has 0 spiro atoms. The van der Waals surface area contributed by atoms with Crippen LogP contribution in [-0.4, -0.2) is 35.7 Å². The van der Waals surface area contributed by atoms with E-state index in [0.717, 1.165) is 29.9 Å². The van der Waals surface area contributed by atoms with Crippen LogP contribution in [0.5, 0.6) is 0 Å². The Morgan fingerprint density at radius 2 is 1.65 bits per heavy atom. The molecule has 0 fully saturated rings. The minimum absolute atomic E-state index is 0.0299. The molecule has 3 amide bonds. The van der Waals surface area contributed by atoms with Crippen LogP contribution in [0.3, 0.4) is 0 Å². The minimum Gasteiger partial charge on any atom is -0.372 e. The van der Waals surface area contributed by atoms with Crippen molar-refractivity contribution < 1.29 is 14.4 Å². The van der Waals surface area contributed by atoms with E-state index in [1.165, 1.54) is 11.8 Å². The van der Waals surface area contributed by atoms with Crippen LogP contribution in [0.1, 0.15) is 54.7 Å². The largest absolute Gasteiger partial charge is 0.372 e. The highest BCUT2D eigenvalue weighted by molar-refractivity contribution is 5.95. The summed E-state index contributed by atoms with van der Waals surface area (Å²) in [5.41, 5.74) is 8.28. The standard InChI is InChI=1S/C24H28N4O3/c1-4-27(5-2)20-12-10-19(11-13-20)24(31)26-25-23(30)16-22-21-9-7-6-8-18(21)14-15-28(22)17(3)29/h6-15,22H,4-5,16H2,1-3H3,(H,25,30)(H,26,31)/t22-/m1/s1. The SMILES string of the molecule is CCN(CC)c1ccc(C(=O)NNC(=O)C[C@@H]2c3ccccc3C=CN2C(C)=O)cc1. The number of fused-ring (bicyclic) bond motifs is 1. The van der Waals surface area contributed by atoms with Gasteiger partial charge in [-0.1, -0.05) is 24.3 Å². The van der Waals surface area contributed by atoms with Gasteiger partial charge < -0.3 is 9.80 Å². The average molecular weight is 421 g/mol. The molecule has 162 valence electrons. The number of benzene rings is 2. The number of hydrazine groups is 1. The topological polar surface area (TPSA) is 81.8 Å². The van der Waals surface area contributed by atoms with Crippen LogP contribution in [0.2, 0.25) is 0 Å². The normalized spacial score (nSPS) is 14.5. The van der Waals surface area contributed by atoms with E-state index in [9.17, 15) is 14.4 Å². The number of nitrogens with one attached hydrogen (secondary N) is 2. The van der Waals surface area contributed by atoms with Gasteiger partial charge in [-0.2, -0.15) is 0 Å². The molecule has 2 aromatic carbocycles. The summed E-state index contributed by atoms with van der Waals surface area (Å²) in [5.74, 6) is -0.929. The molecule has 7 heteroatoms. The highest BCUT2D eigenvalue weighted by atomic mass is 16.2. The lowest BCUT2D eigenvalue weighted by Gasteiger charge is -2.32. The van der Waals surface area contributed by atoms with Gasteiger partial charge in [0.25, 0.3) is 5.91 Å². The van der Waals surface area contributed by atoms with Gasteiger partial charge in [0, 0.05) is 37.5 Å². The first kappa shape index (κ1) is 22.1. The number of carbonyl (C=O) groups is 3. The van der Waals surface area contributed by atoms with Crippen LogP contribution < -0.4 is 15.8 Å². The lowest BCUT2D eigenvalue weighted by Crippen LogP contribution is -2.43. The Morgan fingerprint density at radius 1 is 0.968 bits per heavy atom. The van der Waals surface area contributed by atoms with Crippen molar-refractivity contribution >= 4 is 29.5 Å². The zero-order chi connectivity index (χ0) is 22.4. The highest BCUT2D eigenvalue weighted by Gasteiger charge is 2.28. The van der Waals surface area contributed by atoms with Crippen LogP contribution in [-0.2, 0) is 9.59 Å². The van der Waals surface area contributed by atoms with E-state index in [2.05, 4.69) is 29.6 Å². The van der Waals surface area contributed by atoms with E-state index in [-0.39, 0.29) is 18.2 Å². The zero-order valence-corrected chi connectivity index (χ0v) is 18.1. The fourth-order valence-corrected chi connectivity index (χ4v) is 3.75. The summed E-state index contributed by atoms with van der Waals surface area (Å²) in [5, 5.41) is 0. The van der Waals surface area contributed by atoms with Crippen molar-refractivity contribution in [1.29, 1.82) is 0 Å². The first-order chi connectivity index (χ1) is 14.9. The molecule has 7 nitrogen and oxygen atoms in total. The number of amides is 3. The fourth-order valence-electron chi connectivity index (χ4n) is 3.75. The van der Waals surface area contributed by atoms with Crippen LogP contribution in [0.15, 0.2) is 54.7 Å². The monoisotopic (exact) mass is 420 g/mol. The number of nitrogens with zero attached hydrogens (tertiary/aromatic N) is 2. The van der Waals surface area contributed by atoms with Crippen molar-refractivity contribution in [2.24, 2.45) is 0 Å². The number of carbonyl (C=O) groups excluding carboxylic acids is 3. The van der Waals surface area contributed by atoms with Gasteiger partial charge in [-0.15, -0.1) is 0 Å². The zero-order valence-electron chi connectivity index (χ0n) is 18.1. The van der Waals surface area contributed by atoms with E-state index >= 15 is 0 Å². The number of hydrogen-bond donors (Lipinski definition) is 2. The number of hydrogen-bond acceptors (Lipinski definition) is 4. The number of anilines is 1. The van der Waals surface area contributed by atoms with Gasteiger partial charge in [-0.05, 0) is 55.3 Å². The van der Waals surface area contributed by atoms with Gasteiger partial charge in [0.1, 0.15) is 0 Å². The Bertz CT molecular complexity index is 981. The van der Waals surface area contributed by atoms with Crippen molar-refractivity contribution in [1.82, 2.24) is 15.8 Å². The van der Waals surface area contributed by atoms with Crippen LogP contribution in [0, 0.1) is 0 Å². The third kappa shape index (κ3) is 5.12. The van der Waals surface area contributed by atoms with Gasteiger partial charge in [0.15, 0.2) is 0 Å². The van der Waals surface area contributed by atoms with E-state index in [1.807, 2.05) is 42.5 Å². The summed E-state index contributed by atoms with van der Waals surface area (Å²) < 4.78 is 0. The Morgan fingerprint density at radius 3 is 2.29 bits per heavy atom. The predicted octanol–water partition coefficient (Wildman–Crippen LogP) is 3.26. The third-order valence-corrected chi connectivity index (χ3v) is 5.42. The second kappa shape index (κ2) is 9.93. The van der Waals surface area contributed by atoms with Gasteiger partial charge in [-0.3, -0.25) is 25.2 Å². The molecule has 0 radical (unpaired) electrons. The molecule has 0 aromatic heterocycles. The Labute approximate surface area is 182 Å². The Balaban J connectivity index is 1.62. The van der Waals surface area contributed by atoms with Gasteiger partial charge >= 0.3 is 0 Å². The summed E-state index contributed by atoms with van der Waals surface area (Å²) in [6.07, 6.45) is 3.58. The maximum absolute atomic E-state index is 12.6. The predicted molar refractivity (Wildman–Crippen MR) is 121 cm³/mol. The number of rotatable bonds is 6. The van der Waals surface area contributed by atoms with Crippen LogP contribution in [0.4, 0.5) is 5.69 Å². The Kier molecular flexibility index (Phi) is 7.07. The lowest BCUT2D eigenvalue weighted by atomic mass is 9.93. The summed E-state index contributed by atoms with van der Waals surface area (Å²) in [7, 11) is 0. The maximum Gasteiger partial charge on any atom is 0.269 e. The molecular weight excluding hydrogens is 392 g/mol. The van der Waals surface area contributed by atoms with Crippen molar-refractivity contribution in [2.45, 2.75) is 33.2 Å². The second-order valence-corrected chi connectivity index (χ2v) is 7.31. The van der Waals surface area contributed by atoms with E-state index < -0.39 is 11.9 Å².